The third-order valence-electron chi connectivity index (χ3n) is 6.00. The second-order valence-electron chi connectivity index (χ2n) is 7.01. The first-order valence-electron chi connectivity index (χ1n) is 8.34. The van der Waals surface area contributed by atoms with E-state index in [1.807, 2.05) is 0 Å². The van der Waals surface area contributed by atoms with E-state index in [0.29, 0.717) is 11.8 Å². The minimum absolute atomic E-state index is 0.155. The minimum atomic E-state index is -0.275. The van der Waals surface area contributed by atoms with Gasteiger partial charge in [0, 0.05) is 5.92 Å². The molecule has 19 heavy (non-hydrogen) atoms. The Hall–Kier alpha value is -0.120. The monoisotopic (exact) mass is 267 g/mol. The first kappa shape index (κ1) is 13.8. The van der Waals surface area contributed by atoms with Gasteiger partial charge in [-0.3, -0.25) is 0 Å². The summed E-state index contributed by atoms with van der Waals surface area (Å²) in [5, 5.41) is 24.6. The van der Waals surface area contributed by atoms with Gasteiger partial charge in [0.15, 0.2) is 0 Å². The quantitative estimate of drug-likeness (QED) is 0.716. The highest BCUT2D eigenvalue weighted by atomic mass is 16.3. The molecule has 0 aromatic rings. The van der Waals surface area contributed by atoms with Crippen LogP contribution < -0.4 is 5.32 Å². The molecule has 3 N–H and O–H groups in total. The van der Waals surface area contributed by atoms with Crippen molar-refractivity contribution in [3.8, 4) is 0 Å². The Morgan fingerprint density at radius 1 is 0.895 bits per heavy atom. The van der Waals surface area contributed by atoms with Gasteiger partial charge in [0.05, 0.1) is 12.2 Å². The molecule has 5 unspecified atom stereocenters. The lowest BCUT2D eigenvalue weighted by Gasteiger charge is -2.47. The number of piperidine rings is 1. The predicted octanol–water partition coefficient (Wildman–Crippen LogP) is 1.92. The van der Waals surface area contributed by atoms with Gasteiger partial charge in [0.25, 0.3) is 0 Å². The van der Waals surface area contributed by atoms with Gasteiger partial charge in [-0.25, -0.2) is 0 Å². The Bertz CT molecular complexity index is 290. The fourth-order valence-corrected chi connectivity index (χ4v) is 4.95. The maximum atomic E-state index is 10.8. The third kappa shape index (κ3) is 2.84. The molecule has 3 aliphatic rings. The van der Waals surface area contributed by atoms with Crippen molar-refractivity contribution >= 4 is 0 Å². The lowest BCUT2D eigenvalue weighted by atomic mass is 9.61. The summed E-state index contributed by atoms with van der Waals surface area (Å²) in [7, 11) is 0. The van der Waals surface area contributed by atoms with Gasteiger partial charge in [-0.15, -0.1) is 0 Å². The van der Waals surface area contributed by atoms with Crippen molar-refractivity contribution in [2.75, 3.05) is 13.1 Å². The molecule has 5 atom stereocenters. The summed E-state index contributed by atoms with van der Waals surface area (Å²) in [4.78, 5) is 0. The second-order valence-corrected chi connectivity index (χ2v) is 7.01. The predicted molar refractivity (Wildman–Crippen MR) is 75.8 cm³/mol. The molecule has 2 aliphatic carbocycles. The van der Waals surface area contributed by atoms with Gasteiger partial charge < -0.3 is 15.5 Å². The van der Waals surface area contributed by atoms with E-state index in [1.165, 1.54) is 32.1 Å². The third-order valence-corrected chi connectivity index (χ3v) is 6.00. The number of nitrogens with one attached hydrogen (secondary N) is 1. The molecule has 0 bridgehead atoms. The summed E-state index contributed by atoms with van der Waals surface area (Å²) >= 11 is 0. The van der Waals surface area contributed by atoms with Crippen molar-refractivity contribution in [1.29, 1.82) is 0 Å². The fraction of sp³-hybridized carbons (Fsp3) is 1.00. The Balaban J connectivity index is 1.71. The molecule has 3 nitrogen and oxygen atoms in total. The molecular weight excluding hydrogens is 238 g/mol. The van der Waals surface area contributed by atoms with Gasteiger partial charge in [0.1, 0.15) is 0 Å². The number of hydrogen-bond donors (Lipinski definition) is 3. The van der Waals surface area contributed by atoms with E-state index < -0.39 is 0 Å². The largest absolute Gasteiger partial charge is 0.393 e. The van der Waals surface area contributed by atoms with Crippen molar-refractivity contribution in [3.63, 3.8) is 0 Å². The zero-order valence-electron chi connectivity index (χ0n) is 11.9. The van der Waals surface area contributed by atoms with Crippen LogP contribution in [0.3, 0.4) is 0 Å². The molecule has 3 rings (SSSR count). The van der Waals surface area contributed by atoms with Crippen LogP contribution in [0.1, 0.15) is 51.4 Å². The molecule has 3 heteroatoms. The molecular formula is C16H29NO2. The average molecular weight is 267 g/mol. The molecule has 1 saturated heterocycles. The van der Waals surface area contributed by atoms with Crippen molar-refractivity contribution in [2.45, 2.75) is 63.6 Å². The van der Waals surface area contributed by atoms with E-state index in [9.17, 15) is 10.2 Å². The van der Waals surface area contributed by atoms with Crippen LogP contribution >= 0.6 is 0 Å². The Kier molecular flexibility index (Phi) is 4.45. The minimum Gasteiger partial charge on any atom is -0.393 e. The molecule has 0 spiro atoms. The maximum Gasteiger partial charge on any atom is 0.0624 e. The number of hydrogen-bond acceptors (Lipinski definition) is 3. The van der Waals surface area contributed by atoms with Crippen LogP contribution in [0.2, 0.25) is 0 Å². The zero-order valence-corrected chi connectivity index (χ0v) is 11.9. The van der Waals surface area contributed by atoms with Crippen molar-refractivity contribution in [1.82, 2.24) is 5.32 Å². The summed E-state index contributed by atoms with van der Waals surface area (Å²) in [5.41, 5.74) is 0. The van der Waals surface area contributed by atoms with E-state index in [4.69, 9.17) is 0 Å². The highest BCUT2D eigenvalue weighted by molar-refractivity contribution is 4.95. The van der Waals surface area contributed by atoms with Gasteiger partial charge >= 0.3 is 0 Å². The lowest BCUT2D eigenvalue weighted by molar-refractivity contribution is -0.0980. The van der Waals surface area contributed by atoms with Crippen molar-refractivity contribution in [3.05, 3.63) is 0 Å². The molecule has 1 heterocycles. The molecule has 1 aliphatic heterocycles. The van der Waals surface area contributed by atoms with E-state index >= 15 is 0 Å². The van der Waals surface area contributed by atoms with Crippen LogP contribution in [0, 0.1) is 23.7 Å². The van der Waals surface area contributed by atoms with Crippen LogP contribution in [0.4, 0.5) is 0 Å². The molecule has 0 aromatic heterocycles. The Labute approximate surface area is 116 Å². The Morgan fingerprint density at radius 3 is 2.42 bits per heavy atom. The number of rotatable bonds is 2. The first-order valence-corrected chi connectivity index (χ1v) is 8.34. The maximum absolute atomic E-state index is 10.8. The fourth-order valence-electron chi connectivity index (χ4n) is 4.95. The molecule has 2 saturated carbocycles. The van der Waals surface area contributed by atoms with Crippen LogP contribution in [0.5, 0.6) is 0 Å². The van der Waals surface area contributed by atoms with E-state index in [-0.39, 0.29) is 18.1 Å². The summed E-state index contributed by atoms with van der Waals surface area (Å²) in [6.07, 6.45) is 8.91. The van der Waals surface area contributed by atoms with E-state index in [0.717, 1.165) is 38.3 Å². The highest BCUT2D eigenvalue weighted by Gasteiger charge is 2.45. The normalized spacial score (nSPS) is 42.6. The Morgan fingerprint density at radius 2 is 1.63 bits per heavy atom. The molecule has 0 aromatic carbocycles. The topological polar surface area (TPSA) is 52.5 Å². The molecule has 0 amide bonds. The highest BCUT2D eigenvalue weighted by Crippen LogP contribution is 2.46. The first-order chi connectivity index (χ1) is 9.27. The summed E-state index contributed by atoms with van der Waals surface area (Å²) < 4.78 is 0. The SMILES string of the molecule is OC1CCC2CCCCC2C1C(O)C1CCNCC1. The lowest BCUT2D eigenvalue weighted by Crippen LogP contribution is -2.49. The van der Waals surface area contributed by atoms with Crippen LogP contribution in [-0.2, 0) is 0 Å². The van der Waals surface area contributed by atoms with Crippen LogP contribution in [0.15, 0.2) is 0 Å². The van der Waals surface area contributed by atoms with Gasteiger partial charge in [0.2, 0.25) is 0 Å². The zero-order chi connectivity index (χ0) is 13.2. The van der Waals surface area contributed by atoms with E-state index in [2.05, 4.69) is 5.32 Å². The average Bonchev–Trinajstić information content (AvgIpc) is 2.47. The smallest absolute Gasteiger partial charge is 0.0624 e. The van der Waals surface area contributed by atoms with Gasteiger partial charge in [-0.05, 0) is 62.9 Å². The van der Waals surface area contributed by atoms with E-state index in [1.54, 1.807) is 0 Å². The molecule has 110 valence electrons. The van der Waals surface area contributed by atoms with Crippen LogP contribution in [-0.4, -0.2) is 35.5 Å². The summed E-state index contributed by atoms with van der Waals surface area (Å²) in [6, 6.07) is 0. The van der Waals surface area contributed by atoms with Gasteiger partial charge in [-0.1, -0.05) is 19.3 Å². The van der Waals surface area contributed by atoms with Crippen LogP contribution in [0.25, 0.3) is 0 Å². The number of fused-ring (bicyclic) bond motifs is 1. The number of aliphatic hydroxyl groups excluding tert-OH is 2. The van der Waals surface area contributed by atoms with Gasteiger partial charge in [-0.2, -0.15) is 0 Å². The second kappa shape index (κ2) is 6.11. The standard InChI is InChI=1S/C16H29NO2/c18-14-6-5-11-3-1-2-4-13(11)15(14)16(19)12-7-9-17-10-8-12/h11-19H,1-10H2. The number of aliphatic hydroxyl groups is 2. The summed E-state index contributed by atoms with van der Waals surface area (Å²) in [5.74, 6) is 1.92. The molecule has 0 radical (unpaired) electrons. The summed E-state index contributed by atoms with van der Waals surface area (Å²) in [6.45, 7) is 2.05. The molecule has 3 fully saturated rings. The van der Waals surface area contributed by atoms with Crippen molar-refractivity contribution in [2.24, 2.45) is 23.7 Å². The van der Waals surface area contributed by atoms with Crippen molar-refractivity contribution < 1.29 is 10.2 Å².